The fourth-order valence-electron chi connectivity index (χ4n) is 2.20. The van der Waals surface area contributed by atoms with Crippen LogP contribution in [0.5, 0.6) is 0 Å². The van der Waals surface area contributed by atoms with Gasteiger partial charge in [-0.15, -0.1) is 0 Å². The van der Waals surface area contributed by atoms with Crippen LogP contribution in [0.2, 0.25) is 0 Å². The molecule has 0 spiro atoms. The van der Waals surface area contributed by atoms with Gasteiger partial charge in [-0.25, -0.2) is 0 Å². The van der Waals surface area contributed by atoms with Crippen LogP contribution in [-0.4, -0.2) is 47.5 Å². The van der Waals surface area contributed by atoms with Crippen molar-refractivity contribution in [3.8, 4) is 0 Å². The zero-order valence-corrected chi connectivity index (χ0v) is 13.7. The number of hydrogen-bond acceptors (Lipinski definition) is 3. The van der Waals surface area contributed by atoms with Gasteiger partial charge in [0, 0.05) is 0 Å². The van der Waals surface area contributed by atoms with Crippen molar-refractivity contribution >= 4 is 5.91 Å². The van der Waals surface area contributed by atoms with Crippen molar-refractivity contribution in [3.63, 3.8) is 0 Å². The van der Waals surface area contributed by atoms with Gasteiger partial charge in [0.05, 0.1) is 18.4 Å². The van der Waals surface area contributed by atoms with Crippen molar-refractivity contribution in [1.29, 1.82) is 0 Å². The first-order chi connectivity index (χ1) is 11.2. The largest absolute Gasteiger partial charge is 0.436 e. The van der Waals surface area contributed by atoms with E-state index in [9.17, 15) is 44.3 Å². The summed E-state index contributed by atoms with van der Waals surface area (Å²) in [4.78, 5) is 12.1. The van der Waals surface area contributed by atoms with Crippen molar-refractivity contribution < 1.29 is 54.2 Å². The molecule has 1 aliphatic rings. The van der Waals surface area contributed by atoms with Crippen LogP contribution in [0, 0.1) is 11.3 Å². The lowest BCUT2D eigenvalue weighted by molar-refractivity contribution is -0.400. The van der Waals surface area contributed by atoms with Gasteiger partial charge in [0.1, 0.15) is 0 Å². The van der Waals surface area contributed by atoms with Gasteiger partial charge in [0.2, 0.25) is 11.6 Å². The number of ether oxygens (including phenoxy) is 1. The van der Waals surface area contributed by atoms with E-state index in [1.807, 2.05) is 0 Å². The fourth-order valence-corrected chi connectivity index (χ4v) is 2.20. The topological polar surface area (TPSA) is 58.6 Å². The fraction of sp³-hybridized carbons (Fsp3) is 0.923. The first-order valence-corrected chi connectivity index (χ1v) is 7.13. The molecule has 1 aliphatic heterocycles. The monoisotopic (exact) mass is 405 g/mol. The molecule has 154 valence electrons. The Bertz CT molecular complexity index is 541. The maximum atomic E-state index is 13.3. The maximum absolute atomic E-state index is 13.3. The van der Waals surface area contributed by atoms with Crippen LogP contribution in [0.25, 0.3) is 0 Å². The van der Waals surface area contributed by atoms with Crippen LogP contribution in [0.1, 0.15) is 27.2 Å². The van der Waals surface area contributed by atoms with Crippen molar-refractivity contribution in [2.24, 2.45) is 11.3 Å². The zero-order valence-electron chi connectivity index (χ0n) is 13.7. The molecule has 0 saturated carbocycles. The molecule has 0 aromatic rings. The lowest BCUT2D eigenvalue weighted by Gasteiger charge is -2.49. The molecule has 0 aliphatic carbocycles. The number of carbonyl (C=O) groups is 1. The van der Waals surface area contributed by atoms with Crippen molar-refractivity contribution in [1.82, 2.24) is 5.32 Å². The minimum Gasteiger partial charge on any atom is -0.373 e. The molecule has 1 saturated heterocycles. The van der Waals surface area contributed by atoms with E-state index in [4.69, 9.17) is 5.11 Å². The SMILES string of the molecule is CC(C)C1(C)COC(CC(O)(C(F)(F)F)C(F)(F)F)(C(F)(F)F)NC1=O. The lowest BCUT2D eigenvalue weighted by atomic mass is 9.76. The summed E-state index contributed by atoms with van der Waals surface area (Å²) in [6.45, 7) is 2.87. The Balaban J connectivity index is 3.44. The second kappa shape index (κ2) is 6.14. The van der Waals surface area contributed by atoms with Crippen LogP contribution < -0.4 is 5.32 Å². The normalized spacial score (nSPS) is 29.1. The molecule has 26 heavy (non-hydrogen) atoms. The number of halogens is 9. The molecule has 1 heterocycles. The van der Waals surface area contributed by atoms with E-state index < -0.39 is 60.1 Å². The average Bonchev–Trinajstić information content (AvgIpc) is 2.39. The Labute approximate surface area is 141 Å². The molecule has 0 bridgehead atoms. The number of amides is 1. The summed E-state index contributed by atoms with van der Waals surface area (Å²) in [6, 6.07) is 0. The zero-order chi connectivity index (χ0) is 21.0. The molecule has 1 amide bonds. The van der Waals surface area contributed by atoms with Crippen molar-refractivity contribution in [2.45, 2.75) is 57.0 Å². The Hall–Kier alpha value is -1.24. The third kappa shape index (κ3) is 3.47. The van der Waals surface area contributed by atoms with E-state index in [1.54, 1.807) is 0 Å². The highest BCUT2D eigenvalue weighted by atomic mass is 19.4. The Morgan fingerprint density at radius 2 is 1.50 bits per heavy atom. The summed E-state index contributed by atoms with van der Waals surface area (Å²) in [5, 5.41) is 10.2. The minimum atomic E-state index is -6.50. The molecule has 2 N–H and O–H groups in total. The van der Waals surface area contributed by atoms with Crippen LogP contribution in [0.4, 0.5) is 39.5 Å². The van der Waals surface area contributed by atoms with Gasteiger partial charge in [0.15, 0.2) is 0 Å². The second-order valence-corrected chi connectivity index (χ2v) is 6.67. The molecular weight excluding hydrogens is 389 g/mol. The summed E-state index contributed by atoms with van der Waals surface area (Å²) in [5.41, 5.74) is -11.7. The predicted octanol–water partition coefficient (Wildman–Crippen LogP) is 3.30. The van der Waals surface area contributed by atoms with E-state index >= 15 is 0 Å². The molecule has 2 atom stereocenters. The van der Waals surface area contributed by atoms with E-state index in [1.165, 1.54) is 13.8 Å². The molecule has 0 radical (unpaired) electrons. The average molecular weight is 405 g/mol. The molecule has 0 aromatic carbocycles. The summed E-state index contributed by atoms with van der Waals surface area (Å²) in [7, 11) is 0. The van der Waals surface area contributed by atoms with Gasteiger partial charge >= 0.3 is 18.5 Å². The third-order valence-corrected chi connectivity index (χ3v) is 4.63. The van der Waals surface area contributed by atoms with Gasteiger partial charge in [0.25, 0.3) is 5.60 Å². The number of carbonyl (C=O) groups excluding carboxylic acids is 1. The molecular formula is C13H16F9NO3. The summed E-state index contributed by atoms with van der Waals surface area (Å²) in [6.07, 6.45) is -21.9. The molecule has 1 fully saturated rings. The smallest absolute Gasteiger partial charge is 0.373 e. The molecule has 2 unspecified atom stereocenters. The van der Waals surface area contributed by atoms with Gasteiger partial charge in [-0.2, -0.15) is 39.5 Å². The number of hydrogen-bond donors (Lipinski definition) is 2. The molecule has 1 rings (SSSR count). The van der Waals surface area contributed by atoms with Crippen molar-refractivity contribution in [3.05, 3.63) is 0 Å². The van der Waals surface area contributed by atoms with Gasteiger partial charge in [-0.05, 0) is 12.8 Å². The molecule has 4 nitrogen and oxygen atoms in total. The van der Waals surface area contributed by atoms with Crippen LogP contribution in [0.15, 0.2) is 0 Å². The number of alkyl halides is 9. The molecule has 0 aromatic heterocycles. The summed E-state index contributed by atoms with van der Waals surface area (Å²) >= 11 is 0. The Kier molecular flexibility index (Phi) is 5.39. The van der Waals surface area contributed by atoms with Gasteiger partial charge in [-0.1, -0.05) is 13.8 Å². The first-order valence-electron chi connectivity index (χ1n) is 7.13. The Morgan fingerprint density at radius 1 is 1.08 bits per heavy atom. The van der Waals surface area contributed by atoms with Crippen LogP contribution in [-0.2, 0) is 9.53 Å². The third-order valence-electron chi connectivity index (χ3n) is 4.63. The number of rotatable bonds is 3. The van der Waals surface area contributed by atoms with Gasteiger partial charge in [-0.3, -0.25) is 4.79 Å². The highest BCUT2D eigenvalue weighted by Crippen LogP contribution is 2.52. The maximum Gasteiger partial charge on any atom is 0.436 e. The van der Waals surface area contributed by atoms with E-state index in [0.717, 1.165) is 12.2 Å². The Morgan fingerprint density at radius 3 is 1.77 bits per heavy atom. The summed E-state index contributed by atoms with van der Waals surface area (Å²) < 4.78 is 121. The molecule has 13 heteroatoms. The minimum absolute atomic E-state index is 0.641. The number of nitrogens with one attached hydrogen (secondary N) is 1. The standard InChI is InChI=1S/C13H16F9NO3/c1-6(2)8(3)5-26-10(13(20,21)22,23-7(8)24)4-9(25,11(14,15)16)12(17,18)19/h6,25H,4-5H2,1-3H3,(H,23,24). The highest BCUT2D eigenvalue weighted by Gasteiger charge is 2.77. The van der Waals surface area contributed by atoms with E-state index in [0.29, 0.717) is 0 Å². The quantitative estimate of drug-likeness (QED) is 0.709. The lowest BCUT2D eigenvalue weighted by Crippen LogP contribution is -2.73. The second-order valence-electron chi connectivity index (χ2n) is 6.67. The van der Waals surface area contributed by atoms with E-state index in [2.05, 4.69) is 4.74 Å². The van der Waals surface area contributed by atoms with Crippen molar-refractivity contribution in [2.75, 3.05) is 6.61 Å². The van der Waals surface area contributed by atoms with Gasteiger partial charge < -0.3 is 15.2 Å². The highest BCUT2D eigenvalue weighted by molar-refractivity contribution is 5.84. The van der Waals surface area contributed by atoms with Crippen LogP contribution >= 0.6 is 0 Å². The first kappa shape index (κ1) is 22.8. The summed E-state index contributed by atoms with van der Waals surface area (Å²) in [5.74, 6) is -2.08. The number of aliphatic hydroxyl groups is 1. The van der Waals surface area contributed by atoms with E-state index in [-0.39, 0.29) is 0 Å². The predicted molar refractivity (Wildman–Crippen MR) is 67.5 cm³/mol. The van der Waals surface area contributed by atoms with Crippen LogP contribution in [0.3, 0.4) is 0 Å².